The highest BCUT2D eigenvalue weighted by molar-refractivity contribution is 6.06. The minimum Gasteiger partial charge on any atom is -0.354 e. The summed E-state index contributed by atoms with van der Waals surface area (Å²) in [5.74, 6) is 0. The third-order valence-electron chi connectivity index (χ3n) is 2.99. The minimum atomic E-state index is 0.563. The number of aryl methyl sites for hydroxylation is 1. The topological polar surface area (TPSA) is 52.5 Å². The van der Waals surface area contributed by atoms with Crippen LogP contribution >= 0.6 is 0 Å². The van der Waals surface area contributed by atoms with Gasteiger partial charge >= 0.3 is 0 Å². The van der Waals surface area contributed by atoms with Crippen LogP contribution in [0.3, 0.4) is 0 Å². The number of pyridine rings is 1. The summed E-state index contributed by atoms with van der Waals surface area (Å²) in [6, 6.07) is 10.4. The molecule has 0 spiro atoms. The van der Waals surface area contributed by atoms with E-state index in [0.717, 1.165) is 22.8 Å². The molecule has 0 unspecified atom stereocenters. The maximum absolute atomic E-state index is 8.59. The second-order valence-electron chi connectivity index (χ2n) is 4.08. The normalized spacial score (nSPS) is 10.8. The summed E-state index contributed by atoms with van der Waals surface area (Å²) in [5, 5.41) is 10.9. The van der Waals surface area contributed by atoms with E-state index in [1.807, 2.05) is 12.3 Å². The van der Waals surface area contributed by atoms with Gasteiger partial charge in [-0.1, -0.05) is 12.1 Å². The van der Waals surface area contributed by atoms with Crippen molar-refractivity contribution in [2.45, 2.75) is 12.8 Å². The summed E-state index contributed by atoms with van der Waals surface area (Å²) in [6.07, 6.45) is 5.03. The lowest BCUT2D eigenvalue weighted by Crippen LogP contribution is -1.82. The molecule has 0 saturated heterocycles. The fourth-order valence-electron chi connectivity index (χ4n) is 2.15. The minimum absolute atomic E-state index is 0.563. The van der Waals surface area contributed by atoms with E-state index in [2.05, 4.69) is 34.2 Å². The molecule has 0 fully saturated rings. The number of aromatic amines is 1. The van der Waals surface area contributed by atoms with Gasteiger partial charge < -0.3 is 4.98 Å². The first-order chi connectivity index (χ1) is 8.38. The van der Waals surface area contributed by atoms with Gasteiger partial charge in [-0.3, -0.25) is 4.98 Å². The number of nitrogens with zero attached hydrogens (tertiary/aromatic N) is 2. The van der Waals surface area contributed by atoms with Crippen molar-refractivity contribution in [1.29, 1.82) is 5.26 Å². The van der Waals surface area contributed by atoms with Crippen molar-refractivity contribution in [3.8, 4) is 6.07 Å². The lowest BCUT2D eigenvalue weighted by molar-refractivity contribution is 1.01. The highest BCUT2D eigenvalue weighted by Crippen LogP contribution is 2.25. The monoisotopic (exact) mass is 221 g/mol. The number of benzene rings is 1. The molecule has 3 heteroatoms. The number of rotatable bonds is 2. The number of hydrogen-bond acceptors (Lipinski definition) is 2. The van der Waals surface area contributed by atoms with E-state index in [9.17, 15) is 0 Å². The molecule has 0 aliphatic carbocycles. The van der Waals surface area contributed by atoms with Gasteiger partial charge in [0.05, 0.1) is 6.07 Å². The zero-order valence-electron chi connectivity index (χ0n) is 9.27. The van der Waals surface area contributed by atoms with Crippen LogP contribution in [0.1, 0.15) is 12.0 Å². The molecule has 17 heavy (non-hydrogen) atoms. The average molecular weight is 221 g/mol. The molecule has 82 valence electrons. The first kappa shape index (κ1) is 9.86. The van der Waals surface area contributed by atoms with Crippen LogP contribution in [-0.2, 0) is 6.42 Å². The van der Waals surface area contributed by atoms with E-state index in [1.165, 1.54) is 10.9 Å². The van der Waals surface area contributed by atoms with Crippen LogP contribution in [0.5, 0.6) is 0 Å². The van der Waals surface area contributed by atoms with Gasteiger partial charge in [-0.15, -0.1) is 0 Å². The molecule has 0 bridgehead atoms. The average Bonchev–Trinajstić information content (AvgIpc) is 2.74. The zero-order chi connectivity index (χ0) is 11.7. The molecule has 3 rings (SSSR count). The number of H-pyrrole nitrogens is 1. The Morgan fingerprint density at radius 3 is 3.00 bits per heavy atom. The first-order valence-corrected chi connectivity index (χ1v) is 5.60. The van der Waals surface area contributed by atoms with Crippen LogP contribution in [-0.4, -0.2) is 9.97 Å². The van der Waals surface area contributed by atoms with Crippen LogP contribution in [0.2, 0.25) is 0 Å². The third-order valence-corrected chi connectivity index (χ3v) is 2.99. The molecule has 0 aliphatic heterocycles. The molecule has 0 atom stereocenters. The fourth-order valence-corrected chi connectivity index (χ4v) is 2.15. The van der Waals surface area contributed by atoms with Crippen molar-refractivity contribution in [2.24, 2.45) is 0 Å². The first-order valence-electron chi connectivity index (χ1n) is 5.60. The van der Waals surface area contributed by atoms with Crippen LogP contribution in [0.25, 0.3) is 21.8 Å². The standard InChI is InChI=1S/C14H11N3/c15-6-1-2-10-3-4-11-12-9-16-7-5-13(12)17-14(11)8-10/h3-5,7-9,17H,1-2H2. The zero-order valence-corrected chi connectivity index (χ0v) is 9.27. The highest BCUT2D eigenvalue weighted by Gasteiger charge is 2.04. The summed E-state index contributed by atoms with van der Waals surface area (Å²) < 4.78 is 0. The Labute approximate surface area is 98.7 Å². The third kappa shape index (κ3) is 1.64. The second-order valence-corrected chi connectivity index (χ2v) is 4.08. The SMILES string of the molecule is N#CCCc1ccc2c(c1)[nH]c1ccncc12. The molecule has 0 amide bonds. The summed E-state index contributed by atoms with van der Waals surface area (Å²) in [6.45, 7) is 0. The van der Waals surface area contributed by atoms with Gasteiger partial charge in [0.15, 0.2) is 0 Å². The molecule has 2 heterocycles. The molecule has 0 aliphatic rings. The van der Waals surface area contributed by atoms with Crippen molar-refractivity contribution >= 4 is 21.8 Å². The van der Waals surface area contributed by atoms with Gasteiger partial charge in [0.1, 0.15) is 0 Å². The highest BCUT2D eigenvalue weighted by atomic mass is 14.7. The van der Waals surface area contributed by atoms with Gasteiger partial charge in [0, 0.05) is 40.6 Å². The predicted octanol–water partition coefficient (Wildman–Crippen LogP) is 3.17. The maximum atomic E-state index is 8.59. The molecular formula is C14H11N3. The lowest BCUT2D eigenvalue weighted by Gasteiger charge is -1.97. The van der Waals surface area contributed by atoms with E-state index in [-0.39, 0.29) is 0 Å². The second kappa shape index (κ2) is 3.91. The summed E-state index contributed by atoms with van der Waals surface area (Å²) in [5.41, 5.74) is 3.41. The van der Waals surface area contributed by atoms with Crippen LogP contribution in [0.4, 0.5) is 0 Å². The van der Waals surface area contributed by atoms with Crippen molar-refractivity contribution in [3.63, 3.8) is 0 Å². The molecule has 0 radical (unpaired) electrons. The number of nitrogens with one attached hydrogen (secondary N) is 1. The summed E-state index contributed by atoms with van der Waals surface area (Å²) >= 11 is 0. The number of nitriles is 1. The Morgan fingerprint density at radius 2 is 2.12 bits per heavy atom. The Bertz CT molecular complexity index is 719. The smallest absolute Gasteiger partial charge is 0.0625 e. The molecular weight excluding hydrogens is 210 g/mol. The molecule has 1 aromatic carbocycles. The van der Waals surface area contributed by atoms with Crippen molar-refractivity contribution in [2.75, 3.05) is 0 Å². The Hall–Kier alpha value is -2.34. The fraction of sp³-hybridized carbons (Fsp3) is 0.143. The summed E-state index contributed by atoms with van der Waals surface area (Å²) in [4.78, 5) is 7.52. The largest absolute Gasteiger partial charge is 0.354 e. The van der Waals surface area contributed by atoms with Gasteiger partial charge in [0.2, 0.25) is 0 Å². The molecule has 3 nitrogen and oxygen atoms in total. The van der Waals surface area contributed by atoms with Crippen LogP contribution in [0.15, 0.2) is 36.7 Å². The Morgan fingerprint density at radius 1 is 1.18 bits per heavy atom. The van der Waals surface area contributed by atoms with E-state index >= 15 is 0 Å². The molecule has 1 N–H and O–H groups in total. The maximum Gasteiger partial charge on any atom is 0.0625 e. The van der Waals surface area contributed by atoms with Crippen LogP contribution in [0, 0.1) is 11.3 Å². The van der Waals surface area contributed by atoms with Crippen molar-refractivity contribution in [3.05, 3.63) is 42.2 Å². The lowest BCUT2D eigenvalue weighted by atomic mass is 10.1. The van der Waals surface area contributed by atoms with E-state index in [1.54, 1.807) is 6.20 Å². The van der Waals surface area contributed by atoms with Crippen LogP contribution < -0.4 is 0 Å². The van der Waals surface area contributed by atoms with Gasteiger partial charge in [-0.25, -0.2) is 0 Å². The number of fused-ring (bicyclic) bond motifs is 3. The van der Waals surface area contributed by atoms with E-state index in [0.29, 0.717) is 6.42 Å². The van der Waals surface area contributed by atoms with E-state index < -0.39 is 0 Å². The quantitative estimate of drug-likeness (QED) is 0.722. The van der Waals surface area contributed by atoms with Gasteiger partial charge in [0.25, 0.3) is 0 Å². The summed E-state index contributed by atoms with van der Waals surface area (Å²) in [7, 11) is 0. The Kier molecular flexibility index (Phi) is 2.27. The Balaban J connectivity index is 2.17. The van der Waals surface area contributed by atoms with E-state index in [4.69, 9.17) is 5.26 Å². The molecule has 3 aromatic rings. The van der Waals surface area contributed by atoms with Gasteiger partial charge in [-0.05, 0) is 24.1 Å². The van der Waals surface area contributed by atoms with Crippen molar-refractivity contribution in [1.82, 2.24) is 9.97 Å². The number of aromatic nitrogens is 2. The predicted molar refractivity (Wildman–Crippen MR) is 67.5 cm³/mol. The molecule has 2 aromatic heterocycles. The number of hydrogen-bond donors (Lipinski definition) is 1. The molecule has 0 saturated carbocycles. The van der Waals surface area contributed by atoms with Gasteiger partial charge in [-0.2, -0.15) is 5.26 Å². The van der Waals surface area contributed by atoms with Crippen molar-refractivity contribution < 1.29 is 0 Å².